The Morgan fingerprint density at radius 3 is 2.48 bits per heavy atom. The van der Waals surface area contributed by atoms with Crippen LogP contribution in [0.25, 0.3) is 10.9 Å². The molecule has 4 rings (SSSR count). The molecule has 0 atom stereocenters. The van der Waals surface area contributed by atoms with Crippen molar-refractivity contribution < 1.29 is 5.11 Å². The second-order valence-corrected chi connectivity index (χ2v) is 7.91. The van der Waals surface area contributed by atoms with E-state index < -0.39 is 0 Å². The van der Waals surface area contributed by atoms with Crippen molar-refractivity contribution in [3.63, 3.8) is 0 Å². The average molecular weight is 419 g/mol. The molecule has 7 nitrogen and oxygen atoms in total. The summed E-state index contributed by atoms with van der Waals surface area (Å²) in [6.07, 6.45) is 0. The largest absolute Gasteiger partial charge is 0.506 e. The van der Waals surface area contributed by atoms with Crippen LogP contribution in [0.5, 0.6) is 5.75 Å². The number of hydrogen-bond donors (Lipinski definition) is 2. The molecule has 1 aliphatic heterocycles. The van der Waals surface area contributed by atoms with E-state index in [0.717, 1.165) is 54.5 Å². The fourth-order valence-corrected chi connectivity index (χ4v) is 4.00. The Labute approximate surface area is 183 Å². The van der Waals surface area contributed by atoms with Crippen LogP contribution in [0.3, 0.4) is 0 Å². The fourth-order valence-electron chi connectivity index (χ4n) is 4.00. The molecule has 1 aromatic heterocycles. The number of rotatable bonds is 4. The maximum Gasteiger partial charge on any atom is 0.194 e. The number of phenols is 1. The number of benzene rings is 2. The molecule has 0 radical (unpaired) electrons. The Balaban J connectivity index is 1.45. The minimum Gasteiger partial charge on any atom is -0.506 e. The van der Waals surface area contributed by atoms with Crippen LogP contribution < -0.4 is 15.1 Å². The van der Waals surface area contributed by atoms with Gasteiger partial charge in [0.15, 0.2) is 5.96 Å². The van der Waals surface area contributed by atoms with E-state index >= 15 is 0 Å². The van der Waals surface area contributed by atoms with Crippen LogP contribution in [-0.4, -0.2) is 68.3 Å². The minimum atomic E-state index is 0.333. The molecule has 0 bridgehead atoms. The van der Waals surface area contributed by atoms with E-state index in [0.29, 0.717) is 12.3 Å². The van der Waals surface area contributed by atoms with Crippen LogP contribution in [0.2, 0.25) is 0 Å². The zero-order valence-corrected chi connectivity index (χ0v) is 18.4. The fraction of sp³-hybridized carbons (Fsp3) is 0.333. The van der Waals surface area contributed by atoms with Crippen molar-refractivity contribution in [2.45, 2.75) is 6.54 Å². The molecule has 0 unspecified atom stereocenters. The third kappa shape index (κ3) is 4.50. The number of anilines is 2. The second kappa shape index (κ2) is 9.12. The number of nitrogens with zero attached hydrogens (tertiary/aromatic N) is 5. The van der Waals surface area contributed by atoms with Gasteiger partial charge in [-0.2, -0.15) is 0 Å². The molecule has 3 aromatic rings. The zero-order chi connectivity index (χ0) is 21.8. The van der Waals surface area contributed by atoms with Gasteiger partial charge >= 0.3 is 0 Å². The van der Waals surface area contributed by atoms with Gasteiger partial charge in [0, 0.05) is 59.3 Å². The van der Waals surface area contributed by atoms with Crippen molar-refractivity contribution >= 4 is 28.4 Å². The van der Waals surface area contributed by atoms with E-state index in [-0.39, 0.29) is 0 Å². The molecular weight excluding hydrogens is 388 g/mol. The summed E-state index contributed by atoms with van der Waals surface area (Å²) in [6, 6.07) is 17.9. The average Bonchev–Trinajstić information content (AvgIpc) is 2.80. The van der Waals surface area contributed by atoms with Gasteiger partial charge in [-0.3, -0.25) is 4.99 Å². The highest BCUT2D eigenvalue weighted by atomic mass is 16.3. The number of guanidine groups is 1. The number of phenolic OH excluding ortho intramolecular Hbond substituents is 1. The number of pyridine rings is 1. The zero-order valence-electron chi connectivity index (χ0n) is 18.4. The quantitative estimate of drug-likeness (QED) is 0.502. The summed E-state index contributed by atoms with van der Waals surface area (Å²) in [5, 5.41) is 14.8. The lowest BCUT2D eigenvalue weighted by molar-refractivity contribution is 0.369. The number of fused-ring (bicyclic) bond motifs is 1. The van der Waals surface area contributed by atoms with Crippen LogP contribution in [0.4, 0.5) is 11.5 Å². The number of piperazine rings is 1. The summed E-state index contributed by atoms with van der Waals surface area (Å²) < 4.78 is 0. The van der Waals surface area contributed by atoms with Crippen LogP contribution in [0.1, 0.15) is 5.56 Å². The first-order chi connectivity index (χ1) is 15.1. The number of hydrogen-bond acceptors (Lipinski definition) is 5. The molecule has 1 aliphatic rings. The van der Waals surface area contributed by atoms with Gasteiger partial charge in [-0.1, -0.05) is 30.3 Å². The summed E-state index contributed by atoms with van der Waals surface area (Å²) in [5.74, 6) is 2.17. The highest BCUT2D eigenvalue weighted by Crippen LogP contribution is 2.27. The SMILES string of the molecule is CN=C(NCc1cc(N(C)C)nc2ccccc12)N1CCN(c2ccccc2O)CC1. The maximum atomic E-state index is 10.1. The van der Waals surface area contributed by atoms with E-state index in [1.807, 2.05) is 50.3 Å². The molecule has 0 aliphatic carbocycles. The lowest BCUT2D eigenvalue weighted by Gasteiger charge is -2.37. The third-order valence-electron chi connectivity index (χ3n) is 5.70. The summed E-state index contributed by atoms with van der Waals surface area (Å²) in [6.45, 7) is 4.03. The maximum absolute atomic E-state index is 10.1. The van der Waals surface area contributed by atoms with Gasteiger partial charge in [0.25, 0.3) is 0 Å². The molecule has 2 heterocycles. The first kappa shape index (κ1) is 20.8. The van der Waals surface area contributed by atoms with Crippen molar-refractivity contribution in [2.75, 3.05) is 57.1 Å². The number of nitrogens with one attached hydrogen (secondary N) is 1. The van der Waals surface area contributed by atoms with Gasteiger partial charge in [-0.25, -0.2) is 4.98 Å². The number of aromatic nitrogens is 1. The first-order valence-electron chi connectivity index (χ1n) is 10.6. The monoisotopic (exact) mass is 418 g/mol. The van der Waals surface area contributed by atoms with Gasteiger partial charge in [0.1, 0.15) is 11.6 Å². The molecular formula is C24H30N6O. The molecule has 0 amide bonds. The number of para-hydroxylation sites is 3. The summed E-state index contributed by atoms with van der Waals surface area (Å²) in [4.78, 5) is 15.8. The standard InChI is InChI=1S/C24H30N6O/c1-25-24(30-14-12-29(13-15-30)21-10-6-7-11-22(21)31)26-17-18-16-23(28(2)3)27-20-9-5-4-8-19(18)20/h4-11,16,31H,12-15,17H2,1-3H3,(H,25,26). The Kier molecular flexibility index (Phi) is 6.11. The molecule has 2 N–H and O–H groups in total. The smallest absolute Gasteiger partial charge is 0.194 e. The second-order valence-electron chi connectivity index (χ2n) is 7.91. The van der Waals surface area contributed by atoms with E-state index in [1.165, 1.54) is 5.56 Å². The summed E-state index contributed by atoms with van der Waals surface area (Å²) in [5.41, 5.74) is 3.09. The number of aromatic hydroxyl groups is 1. The predicted molar refractivity (Wildman–Crippen MR) is 128 cm³/mol. The molecule has 31 heavy (non-hydrogen) atoms. The van der Waals surface area contributed by atoms with Crippen molar-refractivity contribution in [1.29, 1.82) is 0 Å². The topological polar surface area (TPSA) is 67.2 Å². The normalized spacial score (nSPS) is 14.7. The Morgan fingerprint density at radius 1 is 1.06 bits per heavy atom. The van der Waals surface area contributed by atoms with Crippen LogP contribution in [-0.2, 0) is 6.54 Å². The Bertz CT molecular complexity index is 1070. The Hall–Kier alpha value is -3.48. The number of aliphatic imine (C=N–C) groups is 1. The van der Waals surface area contributed by atoms with Gasteiger partial charge in [-0.05, 0) is 29.8 Å². The van der Waals surface area contributed by atoms with Crippen LogP contribution >= 0.6 is 0 Å². The molecule has 7 heteroatoms. The Morgan fingerprint density at radius 2 is 1.77 bits per heavy atom. The summed E-state index contributed by atoms with van der Waals surface area (Å²) >= 11 is 0. The van der Waals surface area contributed by atoms with Crippen molar-refractivity contribution in [3.05, 3.63) is 60.2 Å². The van der Waals surface area contributed by atoms with Gasteiger partial charge in [0.05, 0.1) is 11.2 Å². The predicted octanol–water partition coefficient (Wildman–Crippen LogP) is 2.90. The van der Waals surface area contributed by atoms with E-state index in [9.17, 15) is 5.11 Å². The van der Waals surface area contributed by atoms with Gasteiger partial charge in [0.2, 0.25) is 0 Å². The molecule has 1 fully saturated rings. The molecule has 2 aromatic carbocycles. The van der Waals surface area contributed by atoms with E-state index in [1.54, 1.807) is 6.07 Å². The van der Waals surface area contributed by atoms with E-state index in [2.05, 4.69) is 44.4 Å². The van der Waals surface area contributed by atoms with E-state index in [4.69, 9.17) is 4.98 Å². The van der Waals surface area contributed by atoms with Crippen molar-refractivity contribution in [3.8, 4) is 5.75 Å². The minimum absolute atomic E-state index is 0.333. The highest BCUT2D eigenvalue weighted by molar-refractivity contribution is 5.85. The molecule has 162 valence electrons. The van der Waals surface area contributed by atoms with Crippen molar-refractivity contribution in [1.82, 2.24) is 15.2 Å². The van der Waals surface area contributed by atoms with Gasteiger partial charge in [-0.15, -0.1) is 0 Å². The molecule has 0 spiro atoms. The molecule has 0 saturated carbocycles. The van der Waals surface area contributed by atoms with Gasteiger partial charge < -0.3 is 25.1 Å². The summed E-state index contributed by atoms with van der Waals surface area (Å²) in [7, 11) is 5.85. The molecule has 1 saturated heterocycles. The van der Waals surface area contributed by atoms with Crippen molar-refractivity contribution in [2.24, 2.45) is 4.99 Å². The third-order valence-corrected chi connectivity index (χ3v) is 5.70. The highest BCUT2D eigenvalue weighted by Gasteiger charge is 2.21. The van der Waals surface area contributed by atoms with Crippen LogP contribution in [0.15, 0.2) is 59.6 Å². The lowest BCUT2D eigenvalue weighted by Crippen LogP contribution is -2.52. The lowest BCUT2D eigenvalue weighted by atomic mass is 10.1. The van der Waals surface area contributed by atoms with Crippen LogP contribution in [0, 0.1) is 0 Å². The first-order valence-corrected chi connectivity index (χ1v) is 10.6.